The highest BCUT2D eigenvalue weighted by Crippen LogP contribution is 2.27. The van der Waals surface area contributed by atoms with Crippen LogP contribution in [0.4, 0.5) is 5.69 Å². The summed E-state index contributed by atoms with van der Waals surface area (Å²) < 4.78 is 31.3. The predicted octanol–water partition coefficient (Wildman–Crippen LogP) is 1.93. The van der Waals surface area contributed by atoms with Gasteiger partial charge in [-0.25, -0.2) is 8.42 Å². The minimum atomic E-state index is -3.50. The van der Waals surface area contributed by atoms with E-state index in [4.69, 9.17) is 4.74 Å². The number of phenols is 1. The van der Waals surface area contributed by atoms with Gasteiger partial charge in [-0.15, -0.1) is 0 Å². The molecule has 0 fully saturated rings. The number of hydrogen-bond donors (Lipinski definition) is 2. The summed E-state index contributed by atoms with van der Waals surface area (Å²) in [6.45, 7) is 1.66. The molecule has 1 atom stereocenters. The second-order valence-electron chi connectivity index (χ2n) is 3.59. The van der Waals surface area contributed by atoms with Gasteiger partial charge in [0.05, 0.1) is 17.5 Å². The van der Waals surface area contributed by atoms with Gasteiger partial charge in [-0.1, -0.05) is 0 Å². The minimum Gasteiger partial charge on any atom is -0.508 e. The number of sulfonamides is 1. The Bertz CT molecular complexity index is 489. The van der Waals surface area contributed by atoms with Gasteiger partial charge in [-0.3, -0.25) is 4.72 Å². The normalized spacial score (nSPS) is 13.4. The molecule has 1 unspecified atom stereocenters. The number of aromatic hydroxyl groups is 1. The molecule has 5 nitrogen and oxygen atoms in total. The molecular weight excluding hydrogens is 310 g/mol. The van der Waals surface area contributed by atoms with Crippen LogP contribution in [0.1, 0.15) is 6.92 Å². The standard InChI is InChI=1S/C10H14BrNO4S/c1-7(16-2)6-17(14,15)12-10-5-8(13)3-4-9(10)11/h3-5,7,12-13H,6H2,1-2H3. The lowest BCUT2D eigenvalue weighted by molar-refractivity contribution is 0.136. The molecule has 17 heavy (non-hydrogen) atoms. The van der Waals surface area contributed by atoms with Gasteiger partial charge in [-0.05, 0) is 35.0 Å². The summed E-state index contributed by atoms with van der Waals surface area (Å²) >= 11 is 3.20. The molecule has 96 valence electrons. The minimum absolute atomic E-state index is 0.00862. The average molecular weight is 324 g/mol. The van der Waals surface area contributed by atoms with Crippen LogP contribution in [0.3, 0.4) is 0 Å². The van der Waals surface area contributed by atoms with Crippen molar-refractivity contribution in [3.05, 3.63) is 22.7 Å². The summed E-state index contributed by atoms with van der Waals surface area (Å²) in [5.74, 6) is -0.156. The summed E-state index contributed by atoms with van der Waals surface area (Å²) in [6.07, 6.45) is -0.399. The number of rotatable bonds is 5. The molecule has 7 heteroatoms. The number of benzene rings is 1. The summed E-state index contributed by atoms with van der Waals surface area (Å²) in [5.41, 5.74) is 0.299. The van der Waals surface area contributed by atoms with Crippen molar-refractivity contribution in [1.82, 2.24) is 0 Å². The fraction of sp³-hybridized carbons (Fsp3) is 0.400. The lowest BCUT2D eigenvalue weighted by atomic mass is 10.3. The van der Waals surface area contributed by atoms with Gasteiger partial charge in [0, 0.05) is 17.6 Å². The van der Waals surface area contributed by atoms with Crippen LogP contribution in [0, 0.1) is 0 Å². The highest BCUT2D eigenvalue weighted by molar-refractivity contribution is 9.10. The van der Waals surface area contributed by atoms with E-state index < -0.39 is 16.1 Å². The van der Waals surface area contributed by atoms with E-state index in [1.54, 1.807) is 13.0 Å². The van der Waals surface area contributed by atoms with E-state index in [-0.39, 0.29) is 11.5 Å². The van der Waals surface area contributed by atoms with Gasteiger partial charge in [0.25, 0.3) is 0 Å². The van der Waals surface area contributed by atoms with Crippen molar-refractivity contribution in [3.63, 3.8) is 0 Å². The summed E-state index contributed by atoms with van der Waals surface area (Å²) in [6, 6.07) is 4.35. The molecule has 0 amide bonds. The van der Waals surface area contributed by atoms with E-state index in [9.17, 15) is 13.5 Å². The molecule has 0 aliphatic heterocycles. The fourth-order valence-corrected chi connectivity index (χ4v) is 3.00. The van der Waals surface area contributed by atoms with Crippen molar-refractivity contribution in [1.29, 1.82) is 0 Å². The zero-order valence-corrected chi connectivity index (χ0v) is 11.9. The molecule has 2 N–H and O–H groups in total. The van der Waals surface area contributed by atoms with Crippen LogP contribution in [0.2, 0.25) is 0 Å². The Morgan fingerprint density at radius 2 is 2.18 bits per heavy atom. The van der Waals surface area contributed by atoms with E-state index in [2.05, 4.69) is 20.7 Å². The number of ether oxygens (including phenoxy) is 1. The molecule has 1 rings (SSSR count). The molecule has 1 aromatic rings. The summed E-state index contributed by atoms with van der Waals surface area (Å²) in [5, 5.41) is 9.28. The molecule has 1 aromatic carbocycles. The summed E-state index contributed by atoms with van der Waals surface area (Å²) in [7, 11) is -2.05. The molecule has 0 aliphatic rings. The van der Waals surface area contributed by atoms with Gasteiger partial charge in [-0.2, -0.15) is 0 Å². The average Bonchev–Trinajstić information content (AvgIpc) is 2.22. The van der Waals surface area contributed by atoms with Crippen LogP contribution >= 0.6 is 15.9 Å². The molecule has 0 bridgehead atoms. The van der Waals surface area contributed by atoms with Gasteiger partial charge in [0.1, 0.15) is 5.75 Å². The number of phenolic OH excluding ortho intramolecular Hbond substituents is 1. The number of hydrogen-bond acceptors (Lipinski definition) is 4. The van der Waals surface area contributed by atoms with Gasteiger partial charge in [0.2, 0.25) is 10.0 Å². The van der Waals surface area contributed by atoms with Crippen molar-refractivity contribution < 1.29 is 18.3 Å². The predicted molar refractivity (Wildman–Crippen MR) is 69.7 cm³/mol. The van der Waals surface area contributed by atoms with Crippen LogP contribution in [0.15, 0.2) is 22.7 Å². The highest BCUT2D eigenvalue weighted by atomic mass is 79.9. The Labute approximate surface area is 109 Å². The van der Waals surface area contributed by atoms with Gasteiger partial charge < -0.3 is 9.84 Å². The first-order valence-electron chi connectivity index (χ1n) is 4.86. The Hall–Kier alpha value is -0.790. The maximum Gasteiger partial charge on any atom is 0.235 e. The van der Waals surface area contributed by atoms with Crippen molar-refractivity contribution in [2.24, 2.45) is 0 Å². The fourth-order valence-electron chi connectivity index (χ4n) is 1.18. The molecule has 0 aliphatic carbocycles. The lowest BCUT2D eigenvalue weighted by Gasteiger charge is -2.13. The Morgan fingerprint density at radius 3 is 2.76 bits per heavy atom. The molecule has 0 saturated heterocycles. The first kappa shape index (κ1) is 14.3. The van der Waals surface area contributed by atoms with E-state index in [1.807, 2.05) is 0 Å². The van der Waals surface area contributed by atoms with Crippen LogP contribution < -0.4 is 4.72 Å². The van der Waals surface area contributed by atoms with Crippen molar-refractivity contribution in [2.75, 3.05) is 17.6 Å². The molecule has 0 spiro atoms. The quantitative estimate of drug-likeness (QED) is 0.868. The third-order valence-corrected chi connectivity index (χ3v) is 4.20. The largest absolute Gasteiger partial charge is 0.508 e. The Balaban J connectivity index is 2.86. The second-order valence-corrected chi connectivity index (χ2v) is 6.22. The van der Waals surface area contributed by atoms with Gasteiger partial charge >= 0.3 is 0 Å². The SMILES string of the molecule is COC(C)CS(=O)(=O)Nc1cc(O)ccc1Br. The zero-order chi connectivity index (χ0) is 13.1. The van der Waals surface area contributed by atoms with Crippen LogP contribution in [-0.2, 0) is 14.8 Å². The number of nitrogens with one attached hydrogen (secondary N) is 1. The van der Waals surface area contributed by atoms with Gasteiger partial charge in [0.15, 0.2) is 0 Å². The zero-order valence-electron chi connectivity index (χ0n) is 9.47. The monoisotopic (exact) mass is 323 g/mol. The van der Waals surface area contributed by atoms with E-state index in [0.29, 0.717) is 10.2 Å². The first-order valence-corrected chi connectivity index (χ1v) is 7.30. The van der Waals surface area contributed by atoms with Crippen molar-refractivity contribution >= 4 is 31.6 Å². The Kier molecular flexibility index (Phi) is 4.79. The number of halogens is 1. The molecule has 0 saturated carbocycles. The number of anilines is 1. The number of methoxy groups -OCH3 is 1. The molecule has 0 aromatic heterocycles. The topological polar surface area (TPSA) is 75.6 Å². The van der Waals surface area contributed by atoms with E-state index >= 15 is 0 Å². The lowest BCUT2D eigenvalue weighted by Crippen LogP contribution is -2.25. The van der Waals surface area contributed by atoms with Crippen molar-refractivity contribution in [3.8, 4) is 5.75 Å². The van der Waals surface area contributed by atoms with Crippen LogP contribution in [-0.4, -0.2) is 32.5 Å². The molecular formula is C10H14BrNO4S. The van der Waals surface area contributed by atoms with E-state index in [1.165, 1.54) is 19.2 Å². The van der Waals surface area contributed by atoms with Crippen LogP contribution in [0.5, 0.6) is 5.75 Å². The van der Waals surface area contributed by atoms with Crippen LogP contribution in [0.25, 0.3) is 0 Å². The van der Waals surface area contributed by atoms with E-state index in [0.717, 1.165) is 0 Å². The molecule has 0 radical (unpaired) electrons. The maximum absolute atomic E-state index is 11.7. The molecule has 0 heterocycles. The van der Waals surface area contributed by atoms with Crippen molar-refractivity contribution in [2.45, 2.75) is 13.0 Å². The smallest absolute Gasteiger partial charge is 0.235 e. The Morgan fingerprint density at radius 1 is 1.53 bits per heavy atom. The highest BCUT2D eigenvalue weighted by Gasteiger charge is 2.16. The first-order chi connectivity index (χ1) is 7.84. The maximum atomic E-state index is 11.7. The third kappa shape index (κ3) is 4.53. The second kappa shape index (κ2) is 5.70. The third-order valence-electron chi connectivity index (χ3n) is 2.07. The summed E-state index contributed by atoms with van der Waals surface area (Å²) in [4.78, 5) is 0.